The van der Waals surface area contributed by atoms with Crippen molar-refractivity contribution in [2.45, 2.75) is 76.6 Å². The summed E-state index contributed by atoms with van der Waals surface area (Å²) in [4.78, 5) is 12.0. The van der Waals surface area contributed by atoms with Crippen molar-refractivity contribution in [3.8, 4) is 0 Å². The molecule has 1 aromatic rings. The molecule has 28 heavy (non-hydrogen) atoms. The summed E-state index contributed by atoms with van der Waals surface area (Å²) in [6.45, 7) is 14.7. The number of carbonyl (C=O) groups is 1. The molecule has 6 heteroatoms. The molecule has 0 amide bonds. The molecule has 0 aliphatic rings. The van der Waals surface area contributed by atoms with Crippen molar-refractivity contribution >= 4 is 24.4 Å². The van der Waals surface area contributed by atoms with Crippen molar-refractivity contribution in [2.75, 3.05) is 5.75 Å². The molecule has 0 heterocycles. The Labute approximate surface area is 172 Å². The summed E-state index contributed by atoms with van der Waals surface area (Å²) < 4.78 is 31.2. The van der Waals surface area contributed by atoms with Gasteiger partial charge in [0, 0.05) is 5.41 Å². The molecule has 0 radical (unpaired) electrons. The minimum absolute atomic E-state index is 0.0259. The zero-order chi connectivity index (χ0) is 21.6. The van der Waals surface area contributed by atoms with Crippen LogP contribution in [0.3, 0.4) is 0 Å². The van der Waals surface area contributed by atoms with Crippen molar-refractivity contribution < 1.29 is 17.6 Å². The van der Waals surface area contributed by atoms with Gasteiger partial charge < -0.3 is 9.22 Å². The van der Waals surface area contributed by atoms with Crippen LogP contribution in [0, 0.1) is 5.41 Å². The number of hydrogen-bond donors (Lipinski definition) is 0. The first-order valence-electron chi connectivity index (χ1n) is 9.80. The fourth-order valence-corrected chi connectivity index (χ4v) is 5.12. The largest absolute Gasteiger partial charge is 0.413 e. The molecular formula is C22H36O4SSi. The molecule has 1 rings (SSSR count). The van der Waals surface area contributed by atoms with E-state index in [-0.39, 0.29) is 16.9 Å². The van der Waals surface area contributed by atoms with Crippen LogP contribution >= 0.6 is 0 Å². The van der Waals surface area contributed by atoms with Gasteiger partial charge in [-0.25, -0.2) is 8.42 Å². The Hall–Kier alpha value is -1.24. The maximum absolute atomic E-state index is 12.3. The molecule has 0 N–H and O–H groups in total. The highest BCUT2D eigenvalue weighted by molar-refractivity contribution is 7.91. The molecule has 0 unspecified atom stereocenters. The van der Waals surface area contributed by atoms with E-state index in [1.807, 2.05) is 19.9 Å². The smallest absolute Gasteiger partial charge is 0.192 e. The van der Waals surface area contributed by atoms with Gasteiger partial charge in [0.25, 0.3) is 0 Å². The van der Waals surface area contributed by atoms with Gasteiger partial charge in [0.05, 0.1) is 16.8 Å². The van der Waals surface area contributed by atoms with E-state index in [0.717, 1.165) is 6.29 Å². The second-order valence-corrected chi connectivity index (χ2v) is 16.2. The van der Waals surface area contributed by atoms with Crippen LogP contribution < -0.4 is 0 Å². The second-order valence-electron chi connectivity index (χ2n) is 9.45. The van der Waals surface area contributed by atoms with Gasteiger partial charge in [-0.2, -0.15) is 0 Å². The Kier molecular flexibility index (Phi) is 8.42. The summed E-state index contributed by atoms with van der Waals surface area (Å²) in [6, 6.07) is 8.46. The minimum atomic E-state index is -3.31. The van der Waals surface area contributed by atoms with Gasteiger partial charge in [-0.15, -0.1) is 0 Å². The van der Waals surface area contributed by atoms with E-state index in [2.05, 4.69) is 33.9 Å². The lowest BCUT2D eigenvalue weighted by Crippen LogP contribution is -2.48. The number of carbonyl (C=O) groups excluding carboxylic acids is 1. The molecule has 0 aliphatic heterocycles. The maximum atomic E-state index is 12.3. The molecule has 1 atom stereocenters. The highest BCUT2D eigenvalue weighted by Crippen LogP contribution is 2.40. The van der Waals surface area contributed by atoms with Crippen LogP contribution in [0.1, 0.15) is 47.5 Å². The lowest BCUT2D eigenvalue weighted by Gasteiger charge is -2.42. The Morgan fingerprint density at radius 1 is 1.04 bits per heavy atom. The predicted octanol–water partition coefficient (Wildman–Crippen LogP) is 5.41. The third kappa shape index (κ3) is 6.98. The Balaban J connectivity index is 2.76. The average molecular weight is 425 g/mol. The van der Waals surface area contributed by atoms with Crippen LogP contribution in [0.4, 0.5) is 0 Å². The highest BCUT2D eigenvalue weighted by Gasteiger charge is 2.42. The van der Waals surface area contributed by atoms with Gasteiger partial charge in [0.1, 0.15) is 6.29 Å². The maximum Gasteiger partial charge on any atom is 0.192 e. The average Bonchev–Trinajstić information content (AvgIpc) is 2.60. The lowest BCUT2D eigenvalue weighted by atomic mass is 9.86. The fraction of sp³-hybridized carbons (Fsp3) is 0.591. The van der Waals surface area contributed by atoms with Crippen molar-refractivity contribution in [3.05, 3.63) is 42.5 Å². The predicted molar refractivity (Wildman–Crippen MR) is 119 cm³/mol. The standard InChI is InChI=1S/C22H36O4SSi/c1-21(2,3)28(6,7)26-20(22(4,5)18-23)16-12-9-13-17-27(24,25)19-14-10-8-11-15-19/h8-11,13-15,18,20H,12,16-17H2,1-7H3/b13-9+/t20-/m0/s1. The summed E-state index contributed by atoms with van der Waals surface area (Å²) in [5.41, 5.74) is -0.584. The molecule has 4 nitrogen and oxygen atoms in total. The normalized spacial score (nSPS) is 15.0. The first-order chi connectivity index (χ1) is 12.7. The van der Waals surface area contributed by atoms with Crippen molar-refractivity contribution in [2.24, 2.45) is 5.41 Å². The number of allylic oxidation sites excluding steroid dienone is 1. The van der Waals surface area contributed by atoms with Crippen LogP contribution in [0.25, 0.3) is 0 Å². The SMILES string of the molecule is CC(C)(C=O)[C@H](CC/C=C/CS(=O)(=O)c1ccccc1)O[Si](C)(C)C(C)(C)C. The summed E-state index contributed by atoms with van der Waals surface area (Å²) in [7, 11) is -5.32. The van der Waals surface area contributed by atoms with Crippen molar-refractivity contribution in [1.29, 1.82) is 0 Å². The van der Waals surface area contributed by atoms with Crippen LogP contribution in [-0.4, -0.2) is 34.9 Å². The van der Waals surface area contributed by atoms with Crippen LogP contribution in [-0.2, 0) is 19.1 Å². The first-order valence-corrected chi connectivity index (χ1v) is 14.4. The lowest BCUT2D eigenvalue weighted by molar-refractivity contribution is -0.119. The Morgan fingerprint density at radius 2 is 1.61 bits per heavy atom. The third-order valence-electron chi connectivity index (χ3n) is 5.56. The number of aldehydes is 1. The van der Waals surface area contributed by atoms with Gasteiger partial charge in [0.15, 0.2) is 18.2 Å². The monoisotopic (exact) mass is 424 g/mol. The molecule has 0 saturated heterocycles. The van der Waals surface area contributed by atoms with E-state index in [9.17, 15) is 13.2 Å². The van der Waals surface area contributed by atoms with Gasteiger partial charge in [-0.05, 0) is 43.1 Å². The van der Waals surface area contributed by atoms with E-state index in [1.165, 1.54) is 0 Å². The van der Waals surface area contributed by atoms with Gasteiger partial charge >= 0.3 is 0 Å². The highest BCUT2D eigenvalue weighted by atomic mass is 32.2. The zero-order valence-electron chi connectivity index (χ0n) is 18.4. The Bertz CT molecular complexity index is 759. The van der Waals surface area contributed by atoms with E-state index in [0.29, 0.717) is 17.7 Å². The Morgan fingerprint density at radius 3 is 2.11 bits per heavy atom. The molecule has 158 valence electrons. The molecular weight excluding hydrogens is 388 g/mol. The number of rotatable bonds is 10. The topological polar surface area (TPSA) is 60.4 Å². The number of hydrogen-bond acceptors (Lipinski definition) is 4. The third-order valence-corrected chi connectivity index (χ3v) is 11.7. The van der Waals surface area contributed by atoms with Crippen LogP contribution in [0.2, 0.25) is 18.1 Å². The minimum Gasteiger partial charge on any atom is -0.413 e. The van der Waals surface area contributed by atoms with Gasteiger partial charge in [-0.3, -0.25) is 0 Å². The first kappa shape index (κ1) is 24.8. The molecule has 0 spiro atoms. The number of benzene rings is 1. The van der Waals surface area contributed by atoms with Gasteiger partial charge in [-0.1, -0.05) is 65.0 Å². The fourth-order valence-electron chi connectivity index (χ4n) is 2.48. The summed E-state index contributed by atoms with van der Waals surface area (Å²) in [5, 5.41) is 0.0593. The molecule has 1 aromatic carbocycles. The molecule has 0 saturated carbocycles. The van der Waals surface area contributed by atoms with E-state index >= 15 is 0 Å². The summed E-state index contributed by atoms with van der Waals surface area (Å²) in [6.07, 6.45) is 5.69. The van der Waals surface area contributed by atoms with E-state index in [4.69, 9.17) is 4.43 Å². The molecule has 0 bridgehead atoms. The quantitative estimate of drug-likeness (QED) is 0.286. The summed E-state index contributed by atoms with van der Waals surface area (Å²) in [5.74, 6) is -0.0259. The molecule has 0 aliphatic carbocycles. The molecule has 0 aromatic heterocycles. The second kappa shape index (κ2) is 9.50. The van der Waals surface area contributed by atoms with Crippen molar-refractivity contribution in [3.63, 3.8) is 0 Å². The number of sulfone groups is 1. The van der Waals surface area contributed by atoms with E-state index in [1.54, 1.807) is 36.4 Å². The van der Waals surface area contributed by atoms with Crippen LogP contribution in [0.15, 0.2) is 47.4 Å². The summed E-state index contributed by atoms with van der Waals surface area (Å²) >= 11 is 0. The van der Waals surface area contributed by atoms with Crippen molar-refractivity contribution in [1.82, 2.24) is 0 Å². The van der Waals surface area contributed by atoms with Gasteiger partial charge in [0.2, 0.25) is 0 Å². The molecule has 0 fully saturated rings. The zero-order valence-corrected chi connectivity index (χ0v) is 20.2. The van der Waals surface area contributed by atoms with E-state index < -0.39 is 23.6 Å². The van der Waals surface area contributed by atoms with Crippen LogP contribution in [0.5, 0.6) is 0 Å².